The molecular formula is C16H13NO. The number of aromatic amines is 1. The number of aromatic hydroxyl groups is 1. The van der Waals surface area contributed by atoms with Crippen molar-refractivity contribution >= 4 is 0 Å². The molecule has 0 spiro atoms. The van der Waals surface area contributed by atoms with Gasteiger partial charge in [-0.25, -0.2) is 0 Å². The summed E-state index contributed by atoms with van der Waals surface area (Å²) in [5, 5.41) is 9.99. The molecule has 2 heteroatoms. The van der Waals surface area contributed by atoms with Gasteiger partial charge in [-0.15, -0.1) is 0 Å². The Morgan fingerprint density at radius 1 is 0.722 bits per heavy atom. The third-order valence-corrected chi connectivity index (χ3v) is 3.01. The second-order valence-corrected chi connectivity index (χ2v) is 4.16. The van der Waals surface area contributed by atoms with Gasteiger partial charge in [0.2, 0.25) is 0 Å². The van der Waals surface area contributed by atoms with Gasteiger partial charge in [-0.1, -0.05) is 60.7 Å². The summed E-state index contributed by atoms with van der Waals surface area (Å²) in [5.41, 5.74) is 3.96. The summed E-state index contributed by atoms with van der Waals surface area (Å²) in [6.07, 6.45) is 1.84. The van der Waals surface area contributed by atoms with Gasteiger partial charge in [-0.2, -0.15) is 0 Å². The van der Waals surface area contributed by atoms with Crippen LogP contribution >= 0.6 is 0 Å². The topological polar surface area (TPSA) is 36.0 Å². The molecule has 0 unspecified atom stereocenters. The van der Waals surface area contributed by atoms with Crippen molar-refractivity contribution in [2.45, 2.75) is 0 Å². The van der Waals surface area contributed by atoms with E-state index in [0.29, 0.717) is 0 Å². The third-order valence-electron chi connectivity index (χ3n) is 3.01. The SMILES string of the molecule is Oc1[nH]cc(-c2ccccc2)c1-c1ccccc1. The highest BCUT2D eigenvalue weighted by Crippen LogP contribution is 2.38. The molecule has 0 radical (unpaired) electrons. The van der Waals surface area contributed by atoms with E-state index >= 15 is 0 Å². The van der Waals surface area contributed by atoms with Crippen LogP contribution in [0.5, 0.6) is 5.88 Å². The molecular weight excluding hydrogens is 222 g/mol. The zero-order chi connectivity index (χ0) is 12.4. The first kappa shape index (κ1) is 10.7. The lowest BCUT2D eigenvalue weighted by Crippen LogP contribution is -1.80. The summed E-state index contributed by atoms with van der Waals surface area (Å²) in [6, 6.07) is 19.9. The average molecular weight is 235 g/mol. The second kappa shape index (κ2) is 4.41. The van der Waals surface area contributed by atoms with Crippen molar-refractivity contribution < 1.29 is 5.11 Å². The number of benzene rings is 2. The Morgan fingerprint density at radius 2 is 1.28 bits per heavy atom. The van der Waals surface area contributed by atoms with Gasteiger partial charge in [0.25, 0.3) is 0 Å². The number of aromatic nitrogens is 1. The van der Waals surface area contributed by atoms with Crippen molar-refractivity contribution in [1.82, 2.24) is 4.98 Å². The van der Waals surface area contributed by atoms with Crippen LogP contribution in [-0.4, -0.2) is 10.1 Å². The Morgan fingerprint density at radius 3 is 1.89 bits per heavy atom. The Balaban J connectivity index is 2.19. The minimum Gasteiger partial charge on any atom is -0.494 e. The Kier molecular flexibility index (Phi) is 2.61. The maximum absolute atomic E-state index is 9.99. The Labute approximate surface area is 106 Å². The summed E-state index contributed by atoms with van der Waals surface area (Å²) in [6.45, 7) is 0. The minimum atomic E-state index is 0.208. The number of nitrogens with one attached hydrogen (secondary N) is 1. The molecule has 18 heavy (non-hydrogen) atoms. The van der Waals surface area contributed by atoms with Crippen LogP contribution in [0.2, 0.25) is 0 Å². The zero-order valence-corrected chi connectivity index (χ0v) is 9.80. The van der Waals surface area contributed by atoms with Gasteiger partial charge in [-0.3, -0.25) is 0 Å². The van der Waals surface area contributed by atoms with Gasteiger partial charge in [0.15, 0.2) is 5.88 Å². The highest BCUT2D eigenvalue weighted by Gasteiger charge is 2.13. The molecule has 0 atom stereocenters. The van der Waals surface area contributed by atoms with Crippen LogP contribution in [0.15, 0.2) is 66.9 Å². The fourth-order valence-corrected chi connectivity index (χ4v) is 2.15. The van der Waals surface area contributed by atoms with Crippen LogP contribution in [0, 0.1) is 0 Å². The first-order valence-electron chi connectivity index (χ1n) is 5.87. The molecule has 0 amide bonds. The van der Waals surface area contributed by atoms with Crippen LogP contribution in [0.3, 0.4) is 0 Å². The zero-order valence-electron chi connectivity index (χ0n) is 9.80. The highest BCUT2D eigenvalue weighted by atomic mass is 16.3. The molecule has 2 nitrogen and oxygen atoms in total. The quantitative estimate of drug-likeness (QED) is 0.690. The van der Waals surface area contributed by atoms with E-state index in [0.717, 1.165) is 22.3 Å². The lowest BCUT2D eigenvalue weighted by molar-refractivity contribution is 0.459. The van der Waals surface area contributed by atoms with Crippen molar-refractivity contribution in [2.24, 2.45) is 0 Å². The van der Waals surface area contributed by atoms with Gasteiger partial charge in [0, 0.05) is 11.8 Å². The standard InChI is InChI=1S/C16H13NO/c18-16-15(13-9-5-2-6-10-13)14(11-17-16)12-7-3-1-4-8-12/h1-11,17-18H. The lowest BCUT2D eigenvalue weighted by atomic mass is 9.99. The molecule has 3 aromatic rings. The predicted octanol–water partition coefficient (Wildman–Crippen LogP) is 4.05. The molecule has 3 rings (SSSR count). The average Bonchev–Trinajstić information content (AvgIpc) is 2.83. The molecule has 0 bridgehead atoms. The molecule has 2 N–H and O–H groups in total. The highest BCUT2D eigenvalue weighted by molar-refractivity contribution is 5.86. The van der Waals surface area contributed by atoms with E-state index < -0.39 is 0 Å². The number of H-pyrrole nitrogens is 1. The van der Waals surface area contributed by atoms with Crippen LogP contribution in [0.25, 0.3) is 22.3 Å². The molecule has 2 aromatic carbocycles. The fourth-order valence-electron chi connectivity index (χ4n) is 2.15. The molecule has 0 aliphatic rings. The van der Waals surface area contributed by atoms with E-state index in [9.17, 15) is 5.11 Å². The molecule has 88 valence electrons. The van der Waals surface area contributed by atoms with E-state index in [4.69, 9.17) is 0 Å². The van der Waals surface area contributed by atoms with E-state index in [1.807, 2.05) is 66.9 Å². The largest absolute Gasteiger partial charge is 0.494 e. The summed E-state index contributed by atoms with van der Waals surface area (Å²) in [7, 11) is 0. The maximum atomic E-state index is 9.99. The normalized spacial score (nSPS) is 10.4. The minimum absolute atomic E-state index is 0.208. The number of rotatable bonds is 2. The van der Waals surface area contributed by atoms with Crippen molar-refractivity contribution in [1.29, 1.82) is 0 Å². The van der Waals surface area contributed by atoms with Crippen molar-refractivity contribution in [3.8, 4) is 28.1 Å². The number of hydrogen-bond donors (Lipinski definition) is 2. The van der Waals surface area contributed by atoms with Crippen molar-refractivity contribution in [3.63, 3.8) is 0 Å². The molecule has 0 aliphatic heterocycles. The summed E-state index contributed by atoms with van der Waals surface area (Å²) in [5.74, 6) is 0.208. The van der Waals surface area contributed by atoms with Crippen LogP contribution in [0.4, 0.5) is 0 Å². The molecule has 0 saturated carbocycles. The van der Waals surface area contributed by atoms with Crippen molar-refractivity contribution in [3.05, 3.63) is 66.9 Å². The first-order chi connectivity index (χ1) is 8.86. The van der Waals surface area contributed by atoms with Crippen LogP contribution in [-0.2, 0) is 0 Å². The van der Waals surface area contributed by atoms with Crippen LogP contribution < -0.4 is 0 Å². The molecule has 1 heterocycles. The molecule has 0 saturated heterocycles. The molecule has 1 aromatic heterocycles. The van der Waals surface area contributed by atoms with Gasteiger partial charge >= 0.3 is 0 Å². The number of hydrogen-bond acceptors (Lipinski definition) is 1. The van der Waals surface area contributed by atoms with Gasteiger partial charge < -0.3 is 10.1 Å². The Bertz CT molecular complexity index is 641. The fraction of sp³-hybridized carbons (Fsp3) is 0. The van der Waals surface area contributed by atoms with E-state index in [1.165, 1.54) is 0 Å². The van der Waals surface area contributed by atoms with Crippen LogP contribution in [0.1, 0.15) is 0 Å². The van der Waals surface area contributed by atoms with Gasteiger partial charge in [0.05, 0.1) is 5.56 Å². The van der Waals surface area contributed by atoms with E-state index in [1.54, 1.807) is 0 Å². The first-order valence-corrected chi connectivity index (χ1v) is 5.87. The summed E-state index contributed by atoms with van der Waals surface area (Å²) >= 11 is 0. The smallest absolute Gasteiger partial charge is 0.197 e. The predicted molar refractivity (Wildman–Crippen MR) is 73.3 cm³/mol. The van der Waals surface area contributed by atoms with Gasteiger partial charge in [-0.05, 0) is 11.1 Å². The summed E-state index contributed by atoms with van der Waals surface area (Å²) < 4.78 is 0. The van der Waals surface area contributed by atoms with Crippen molar-refractivity contribution in [2.75, 3.05) is 0 Å². The van der Waals surface area contributed by atoms with E-state index in [2.05, 4.69) is 4.98 Å². The second-order valence-electron chi connectivity index (χ2n) is 4.16. The molecule has 0 aliphatic carbocycles. The summed E-state index contributed by atoms with van der Waals surface area (Å²) in [4.78, 5) is 2.89. The third kappa shape index (κ3) is 1.78. The molecule has 0 fully saturated rings. The lowest BCUT2D eigenvalue weighted by Gasteiger charge is -2.04. The maximum Gasteiger partial charge on any atom is 0.197 e. The Hall–Kier alpha value is -2.48. The van der Waals surface area contributed by atoms with E-state index in [-0.39, 0.29) is 5.88 Å². The monoisotopic (exact) mass is 235 g/mol. The van der Waals surface area contributed by atoms with Gasteiger partial charge in [0.1, 0.15) is 0 Å².